The first-order chi connectivity index (χ1) is 12.6. The molecule has 3 rings (SSSR count). The standard InChI is InChI=1S/C18H18F3N5O/c1-12-10-23-26(11-12)17(2,3)16(27)24-14-6-5-13(18(19,20)21)9-15(14)25-8-4-7-22-25/h4-11H,1-3H3,(H,24,27). The Kier molecular flexibility index (Phi) is 4.54. The smallest absolute Gasteiger partial charge is 0.322 e. The van der Waals surface area contributed by atoms with Crippen molar-refractivity contribution in [1.82, 2.24) is 19.6 Å². The number of benzene rings is 1. The summed E-state index contributed by atoms with van der Waals surface area (Å²) in [5.41, 5.74) is -0.641. The summed E-state index contributed by atoms with van der Waals surface area (Å²) in [4.78, 5) is 12.8. The number of aryl methyl sites for hydroxylation is 1. The Morgan fingerprint density at radius 2 is 1.93 bits per heavy atom. The Morgan fingerprint density at radius 1 is 1.19 bits per heavy atom. The molecule has 9 heteroatoms. The molecule has 0 aliphatic rings. The van der Waals surface area contributed by atoms with Gasteiger partial charge in [0.05, 0.1) is 23.1 Å². The molecule has 142 valence electrons. The third-order valence-electron chi connectivity index (χ3n) is 4.16. The number of amides is 1. The molecule has 0 aliphatic carbocycles. The lowest BCUT2D eigenvalue weighted by molar-refractivity contribution is -0.137. The van der Waals surface area contributed by atoms with Crippen LogP contribution in [0.2, 0.25) is 0 Å². The maximum atomic E-state index is 13.1. The first kappa shape index (κ1) is 18.7. The normalized spacial score (nSPS) is 12.2. The van der Waals surface area contributed by atoms with E-state index in [9.17, 15) is 18.0 Å². The second-order valence-corrected chi connectivity index (χ2v) is 6.66. The van der Waals surface area contributed by atoms with Gasteiger partial charge in [-0.1, -0.05) is 0 Å². The number of carbonyl (C=O) groups is 1. The molecule has 0 unspecified atom stereocenters. The Labute approximate surface area is 153 Å². The van der Waals surface area contributed by atoms with E-state index in [-0.39, 0.29) is 11.4 Å². The fourth-order valence-electron chi connectivity index (χ4n) is 2.51. The van der Waals surface area contributed by atoms with Gasteiger partial charge in [-0.15, -0.1) is 0 Å². The predicted octanol–water partition coefficient (Wildman–Crippen LogP) is 3.77. The van der Waals surface area contributed by atoms with Crippen molar-refractivity contribution in [3.05, 3.63) is 60.2 Å². The van der Waals surface area contributed by atoms with E-state index >= 15 is 0 Å². The van der Waals surface area contributed by atoms with Crippen LogP contribution in [0.3, 0.4) is 0 Å². The minimum atomic E-state index is -4.50. The van der Waals surface area contributed by atoms with Gasteiger partial charge in [0.1, 0.15) is 5.54 Å². The lowest BCUT2D eigenvalue weighted by atomic mass is 10.0. The van der Waals surface area contributed by atoms with Gasteiger partial charge in [0.25, 0.3) is 5.91 Å². The van der Waals surface area contributed by atoms with Gasteiger partial charge in [-0.05, 0) is 50.6 Å². The van der Waals surface area contributed by atoms with Crippen molar-refractivity contribution in [1.29, 1.82) is 0 Å². The van der Waals surface area contributed by atoms with Crippen molar-refractivity contribution < 1.29 is 18.0 Å². The zero-order valence-electron chi connectivity index (χ0n) is 14.9. The Morgan fingerprint density at radius 3 is 2.48 bits per heavy atom. The van der Waals surface area contributed by atoms with Gasteiger partial charge in [0.15, 0.2) is 0 Å². The molecule has 6 nitrogen and oxygen atoms in total. The molecule has 1 N–H and O–H groups in total. The van der Waals surface area contributed by atoms with E-state index < -0.39 is 23.2 Å². The zero-order valence-corrected chi connectivity index (χ0v) is 14.9. The number of aromatic nitrogens is 4. The number of nitrogens with zero attached hydrogens (tertiary/aromatic N) is 4. The third-order valence-corrected chi connectivity index (χ3v) is 4.16. The van der Waals surface area contributed by atoms with Crippen molar-refractivity contribution in [2.45, 2.75) is 32.5 Å². The van der Waals surface area contributed by atoms with Crippen LogP contribution >= 0.6 is 0 Å². The van der Waals surface area contributed by atoms with E-state index in [1.165, 1.54) is 27.8 Å². The molecular weight excluding hydrogens is 359 g/mol. The molecule has 27 heavy (non-hydrogen) atoms. The average Bonchev–Trinajstić information content (AvgIpc) is 3.25. The second kappa shape index (κ2) is 6.57. The fraction of sp³-hybridized carbons (Fsp3) is 0.278. The number of hydrogen-bond acceptors (Lipinski definition) is 3. The van der Waals surface area contributed by atoms with Crippen molar-refractivity contribution in [2.75, 3.05) is 5.32 Å². The lowest BCUT2D eigenvalue weighted by Crippen LogP contribution is -2.40. The lowest BCUT2D eigenvalue weighted by Gasteiger charge is -2.25. The van der Waals surface area contributed by atoms with Gasteiger partial charge in [-0.25, -0.2) is 4.68 Å². The summed E-state index contributed by atoms with van der Waals surface area (Å²) in [6.45, 7) is 5.20. The first-order valence-electron chi connectivity index (χ1n) is 8.13. The molecule has 3 aromatic rings. The zero-order chi connectivity index (χ0) is 19.8. The molecule has 0 bridgehead atoms. The summed E-state index contributed by atoms with van der Waals surface area (Å²) in [5, 5.41) is 10.8. The summed E-state index contributed by atoms with van der Waals surface area (Å²) < 4.78 is 42.0. The molecule has 0 saturated carbocycles. The number of halogens is 3. The number of hydrogen-bond donors (Lipinski definition) is 1. The highest BCUT2D eigenvalue weighted by atomic mass is 19.4. The minimum absolute atomic E-state index is 0.121. The maximum absolute atomic E-state index is 13.1. The van der Waals surface area contributed by atoms with Crippen LogP contribution < -0.4 is 5.32 Å². The van der Waals surface area contributed by atoms with Gasteiger partial charge < -0.3 is 5.32 Å². The van der Waals surface area contributed by atoms with E-state index in [4.69, 9.17) is 0 Å². The minimum Gasteiger partial charge on any atom is -0.322 e. The van der Waals surface area contributed by atoms with Gasteiger partial charge in [0, 0.05) is 18.6 Å². The van der Waals surface area contributed by atoms with Crippen LogP contribution in [-0.2, 0) is 16.5 Å². The summed E-state index contributed by atoms with van der Waals surface area (Å²) in [6.07, 6.45) is 1.80. The van der Waals surface area contributed by atoms with E-state index in [0.29, 0.717) is 0 Å². The van der Waals surface area contributed by atoms with Crippen LogP contribution in [0.15, 0.2) is 49.1 Å². The second-order valence-electron chi connectivity index (χ2n) is 6.66. The number of carbonyl (C=O) groups excluding carboxylic acids is 1. The van der Waals surface area contributed by atoms with Crippen LogP contribution in [0, 0.1) is 6.92 Å². The van der Waals surface area contributed by atoms with E-state index in [1.54, 1.807) is 32.3 Å². The first-order valence-corrected chi connectivity index (χ1v) is 8.13. The molecule has 2 aromatic heterocycles. The summed E-state index contributed by atoms with van der Waals surface area (Å²) in [5.74, 6) is -0.418. The highest BCUT2D eigenvalue weighted by Crippen LogP contribution is 2.33. The molecule has 1 amide bonds. The van der Waals surface area contributed by atoms with Crippen LogP contribution in [-0.4, -0.2) is 25.5 Å². The fourth-order valence-corrected chi connectivity index (χ4v) is 2.51. The predicted molar refractivity (Wildman–Crippen MR) is 93.5 cm³/mol. The Bertz CT molecular complexity index is 958. The van der Waals surface area contributed by atoms with Crippen LogP contribution in [0.1, 0.15) is 25.0 Å². The van der Waals surface area contributed by atoms with Crippen molar-refractivity contribution in [2.24, 2.45) is 0 Å². The molecule has 0 fully saturated rings. The molecule has 0 saturated heterocycles. The van der Waals surface area contributed by atoms with E-state index in [2.05, 4.69) is 15.5 Å². The van der Waals surface area contributed by atoms with Crippen molar-refractivity contribution in [3.8, 4) is 5.69 Å². The van der Waals surface area contributed by atoms with Crippen molar-refractivity contribution >= 4 is 11.6 Å². The third kappa shape index (κ3) is 3.71. The van der Waals surface area contributed by atoms with E-state index in [0.717, 1.165) is 17.7 Å². The topological polar surface area (TPSA) is 64.7 Å². The molecule has 0 atom stereocenters. The Hall–Kier alpha value is -3.10. The number of alkyl halides is 3. The molecule has 0 aliphatic heterocycles. The molecular formula is C18H18F3N5O. The van der Waals surface area contributed by atoms with Gasteiger partial charge in [-0.3, -0.25) is 9.48 Å². The van der Waals surface area contributed by atoms with Crippen molar-refractivity contribution in [3.63, 3.8) is 0 Å². The maximum Gasteiger partial charge on any atom is 0.416 e. The van der Waals surface area contributed by atoms with Crippen LogP contribution in [0.5, 0.6) is 0 Å². The monoisotopic (exact) mass is 377 g/mol. The van der Waals surface area contributed by atoms with Crippen LogP contribution in [0.4, 0.5) is 18.9 Å². The highest BCUT2D eigenvalue weighted by molar-refractivity contribution is 5.97. The largest absolute Gasteiger partial charge is 0.416 e. The SMILES string of the molecule is Cc1cnn(C(C)(C)C(=O)Nc2ccc(C(F)(F)F)cc2-n2cccn2)c1. The average molecular weight is 377 g/mol. The molecule has 1 aromatic carbocycles. The molecule has 0 radical (unpaired) electrons. The quantitative estimate of drug-likeness (QED) is 0.753. The van der Waals surface area contributed by atoms with Gasteiger partial charge in [-0.2, -0.15) is 23.4 Å². The van der Waals surface area contributed by atoms with Crippen LogP contribution in [0.25, 0.3) is 5.69 Å². The molecule has 2 heterocycles. The number of rotatable bonds is 4. The molecule has 0 spiro atoms. The van der Waals surface area contributed by atoms with Gasteiger partial charge in [0.2, 0.25) is 0 Å². The van der Waals surface area contributed by atoms with Gasteiger partial charge >= 0.3 is 6.18 Å². The highest BCUT2D eigenvalue weighted by Gasteiger charge is 2.33. The number of anilines is 1. The Balaban J connectivity index is 1.98. The summed E-state index contributed by atoms with van der Waals surface area (Å²) in [7, 11) is 0. The van der Waals surface area contributed by atoms with E-state index in [1.807, 2.05) is 6.92 Å². The summed E-state index contributed by atoms with van der Waals surface area (Å²) in [6, 6.07) is 4.69. The number of nitrogens with one attached hydrogen (secondary N) is 1. The summed E-state index contributed by atoms with van der Waals surface area (Å²) >= 11 is 0.